The van der Waals surface area contributed by atoms with E-state index in [-0.39, 0.29) is 11.5 Å². The van der Waals surface area contributed by atoms with Crippen LogP contribution in [-0.2, 0) is 4.79 Å². The van der Waals surface area contributed by atoms with E-state index in [0.717, 1.165) is 16.9 Å². The van der Waals surface area contributed by atoms with Crippen LogP contribution in [0.3, 0.4) is 0 Å². The van der Waals surface area contributed by atoms with Crippen LogP contribution in [0.15, 0.2) is 70.1 Å². The number of carbonyl (C=O) groups excluding carboxylic acids is 1. The zero-order valence-electron chi connectivity index (χ0n) is 15.0. The van der Waals surface area contributed by atoms with Crippen molar-refractivity contribution in [3.63, 3.8) is 0 Å². The maximum atomic E-state index is 12.4. The van der Waals surface area contributed by atoms with Crippen LogP contribution in [0.2, 0.25) is 0 Å². The van der Waals surface area contributed by atoms with Gasteiger partial charge >= 0.3 is 5.97 Å². The molecule has 0 aromatic heterocycles. The lowest BCUT2D eigenvalue weighted by Crippen LogP contribution is -2.24. The number of carboxylic acids is 1. The Morgan fingerprint density at radius 1 is 1.21 bits per heavy atom. The van der Waals surface area contributed by atoms with Crippen LogP contribution in [0.1, 0.15) is 15.9 Å². The predicted molar refractivity (Wildman–Crippen MR) is 110 cm³/mol. The van der Waals surface area contributed by atoms with Crippen molar-refractivity contribution in [2.75, 3.05) is 18.6 Å². The number of aliphatic imine (C=N–C) groups is 1. The normalized spacial score (nSPS) is 16.9. The van der Waals surface area contributed by atoms with Gasteiger partial charge in [-0.3, -0.25) is 4.79 Å². The number of amides is 1. The van der Waals surface area contributed by atoms with E-state index in [1.165, 1.54) is 17.8 Å². The van der Waals surface area contributed by atoms with Crippen LogP contribution in [0.25, 0.3) is 6.08 Å². The van der Waals surface area contributed by atoms with E-state index in [4.69, 9.17) is 4.74 Å². The molecule has 2 aliphatic heterocycles. The van der Waals surface area contributed by atoms with Gasteiger partial charge in [0, 0.05) is 12.6 Å². The first kappa shape index (κ1) is 18.1. The molecule has 2 heterocycles. The number of amidine groups is 1. The highest BCUT2D eigenvalue weighted by atomic mass is 32.2. The molecule has 0 saturated heterocycles. The maximum absolute atomic E-state index is 12.4. The second-order valence-electron chi connectivity index (χ2n) is 6.24. The number of anilines is 1. The fourth-order valence-corrected chi connectivity index (χ4v) is 3.88. The maximum Gasteiger partial charge on any atom is 0.337 e. The Kier molecular flexibility index (Phi) is 4.75. The molecule has 0 bridgehead atoms. The van der Waals surface area contributed by atoms with Gasteiger partial charge in [-0.2, -0.15) is 4.99 Å². The molecule has 0 aliphatic carbocycles. The molecule has 1 amide bonds. The van der Waals surface area contributed by atoms with Crippen molar-refractivity contribution in [3.05, 3.63) is 76.2 Å². The molecule has 0 atom stereocenters. The van der Waals surface area contributed by atoms with Crippen molar-refractivity contribution in [3.8, 4) is 5.75 Å². The number of fused-ring (bicyclic) bond motifs is 1. The molecule has 140 valence electrons. The van der Waals surface area contributed by atoms with Crippen LogP contribution in [0.5, 0.6) is 5.75 Å². The number of para-hydroxylation sites is 2. The number of carbonyl (C=O) groups is 2. The molecule has 0 saturated carbocycles. The smallest absolute Gasteiger partial charge is 0.337 e. The van der Waals surface area contributed by atoms with Gasteiger partial charge in [-0.15, -0.1) is 0 Å². The summed E-state index contributed by atoms with van der Waals surface area (Å²) < 4.78 is 5.72. The third kappa shape index (κ3) is 3.44. The van der Waals surface area contributed by atoms with Gasteiger partial charge in [-0.1, -0.05) is 30.3 Å². The highest BCUT2D eigenvalue weighted by molar-refractivity contribution is 8.18. The molecule has 0 unspecified atom stereocenters. The fraction of sp³-hybridized carbons (Fsp3) is 0.0952. The van der Waals surface area contributed by atoms with Gasteiger partial charge in [0.05, 0.1) is 16.2 Å². The minimum Gasteiger partial charge on any atom is -0.488 e. The standard InChI is InChI=1S/C21H16N2O4S/c1-23(16-8-4-3-7-15(16)20(25)26)21-22-19(24)18(28-21)11-13-10-14-6-2-5-9-17(14)27-12-13/h2-11H,12H2,1H3,(H,25,26)/b18-11-. The molecule has 7 heteroatoms. The highest BCUT2D eigenvalue weighted by Crippen LogP contribution is 2.34. The van der Waals surface area contributed by atoms with Crippen LogP contribution in [0.4, 0.5) is 5.69 Å². The monoisotopic (exact) mass is 392 g/mol. The zero-order chi connectivity index (χ0) is 19.7. The Morgan fingerprint density at radius 3 is 2.79 bits per heavy atom. The van der Waals surface area contributed by atoms with E-state index in [1.807, 2.05) is 30.3 Å². The lowest BCUT2D eigenvalue weighted by Gasteiger charge is -2.19. The molecule has 4 rings (SSSR count). The third-order valence-corrected chi connectivity index (χ3v) is 5.42. The van der Waals surface area contributed by atoms with Crippen molar-refractivity contribution in [1.82, 2.24) is 0 Å². The van der Waals surface area contributed by atoms with E-state index in [9.17, 15) is 14.7 Å². The van der Waals surface area contributed by atoms with Crippen LogP contribution >= 0.6 is 11.8 Å². The molecule has 1 N–H and O–H groups in total. The molecular formula is C21H16N2O4S. The number of nitrogens with zero attached hydrogens (tertiary/aromatic N) is 2. The quantitative estimate of drug-likeness (QED) is 0.800. The summed E-state index contributed by atoms with van der Waals surface area (Å²) in [5, 5.41) is 9.82. The van der Waals surface area contributed by atoms with Gasteiger partial charge in [-0.05, 0) is 47.7 Å². The van der Waals surface area contributed by atoms with Crippen LogP contribution in [-0.4, -0.2) is 35.8 Å². The van der Waals surface area contributed by atoms with Gasteiger partial charge in [0.25, 0.3) is 5.91 Å². The number of carboxylic acid groups (broad SMARTS) is 1. The average Bonchev–Trinajstić information content (AvgIpc) is 3.07. The molecule has 0 spiro atoms. The summed E-state index contributed by atoms with van der Waals surface area (Å²) in [5.41, 5.74) is 2.46. The first-order valence-corrected chi connectivity index (χ1v) is 9.35. The number of hydrogen-bond donors (Lipinski definition) is 1. The van der Waals surface area contributed by atoms with E-state index < -0.39 is 5.97 Å². The van der Waals surface area contributed by atoms with Crippen molar-refractivity contribution in [1.29, 1.82) is 0 Å². The number of aromatic carboxylic acids is 1. The first-order valence-electron chi connectivity index (χ1n) is 8.54. The van der Waals surface area contributed by atoms with E-state index >= 15 is 0 Å². The molecule has 2 aromatic carbocycles. The van der Waals surface area contributed by atoms with Crippen molar-refractivity contribution >= 4 is 40.6 Å². The SMILES string of the molecule is CN(C1=NC(=O)/C(=C/C2=Cc3ccccc3OC2)S1)c1ccccc1C(=O)O. The zero-order valence-corrected chi connectivity index (χ0v) is 15.8. The Hall–Kier alpha value is -3.32. The number of hydrogen-bond acceptors (Lipinski definition) is 5. The van der Waals surface area contributed by atoms with Crippen molar-refractivity contribution < 1.29 is 19.4 Å². The van der Waals surface area contributed by atoms with Gasteiger partial charge in [0.15, 0.2) is 5.17 Å². The summed E-state index contributed by atoms with van der Waals surface area (Å²) in [5.74, 6) is -0.562. The highest BCUT2D eigenvalue weighted by Gasteiger charge is 2.27. The molecule has 2 aliphatic rings. The van der Waals surface area contributed by atoms with Gasteiger partial charge in [-0.25, -0.2) is 4.79 Å². The predicted octanol–water partition coefficient (Wildman–Crippen LogP) is 3.81. The largest absolute Gasteiger partial charge is 0.488 e. The molecule has 0 fully saturated rings. The summed E-state index contributed by atoms with van der Waals surface area (Å²) >= 11 is 1.22. The summed E-state index contributed by atoms with van der Waals surface area (Å²) in [6.07, 6.45) is 3.76. The number of thioether (sulfide) groups is 1. The van der Waals surface area contributed by atoms with Crippen molar-refractivity contribution in [2.24, 2.45) is 4.99 Å². The Labute approximate surface area is 165 Å². The Balaban J connectivity index is 1.58. The topological polar surface area (TPSA) is 79.2 Å². The Bertz CT molecular complexity index is 1070. The lowest BCUT2D eigenvalue weighted by molar-refractivity contribution is -0.113. The fourth-order valence-electron chi connectivity index (χ4n) is 2.98. The second kappa shape index (κ2) is 7.36. The molecular weight excluding hydrogens is 376 g/mol. The van der Waals surface area contributed by atoms with Crippen LogP contribution in [0, 0.1) is 0 Å². The molecule has 2 aromatic rings. The Morgan fingerprint density at radius 2 is 1.96 bits per heavy atom. The summed E-state index contributed by atoms with van der Waals surface area (Å²) in [7, 11) is 1.70. The van der Waals surface area contributed by atoms with E-state index in [0.29, 0.717) is 22.4 Å². The van der Waals surface area contributed by atoms with E-state index in [1.54, 1.807) is 36.2 Å². The number of rotatable bonds is 3. The minimum atomic E-state index is -1.03. The lowest BCUT2D eigenvalue weighted by atomic mass is 10.1. The first-order chi connectivity index (χ1) is 13.5. The van der Waals surface area contributed by atoms with Gasteiger partial charge in [0.2, 0.25) is 0 Å². The van der Waals surface area contributed by atoms with E-state index in [2.05, 4.69) is 4.99 Å². The van der Waals surface area contributed by atoms with Gasteiger partial charge < -0.3 is 14.7 Å². The van der Waals surface area contributed by atoms with Crippen LogP contribution < -0.4 is 9.64 Å². The second-order valence-corrected chi connectivity index (χ2v) is 7.25. The van der Waals surface area contributed by atoms with Crippen molar-refractivity contribution in [2.45, 2.75) is 0 Å². The number of benzene rings is 2. The van der Waals surface area contributed by atoms with Gasteiger partial charge in [0.1, 0.15) is 12.4 Å². The summed E-state index contributed by atoms with van der Waals surface area (Å²) in [6, 6.07) is 14.3. The molecule has 0 radical (unpaired) electrons. The number of ether oxygens (including phenoxy) is 1. The molecule has 28 heavy (non-hydrogen) atoms. The summed E-state index contributed by atoms with van der Waals surface area (Å²) in [6.45, 7) is 0.376. The molecule has 6 nitrogen and oxygen atoms in total. The third-order valence-electron chi connectivity index (χ3n) is 4.36. The summed E-state index contributed by atoms with van der Waals surface area (Å²) in [4.78, 5) is 30.0. The minimum absolute atomic E-state index is 0.151. The average molecular weight is 392 g/mol.